The highest BCUT2D eigenvalue weighted by molar-refractivity contribution is 6.07. The summed E-state index contributed by atoms with van der Waals surface area (Å²) in [6.07, 6.45) is 3.73. The van der Waals surface area contributed by atoms with E-state index >= 15 is 0 Å². The minimum atomic E-state index is -1.03. The van der Waals surface area contributed by atoms with Crippen LogP contribution in [0.3, 0.4) is 0 Å². The van der Waals surface area contributed by atoms with Gasteiger partial charge in [0.05, 0.1) is 11.4 Å². The molecular formula is C23H20F2N6O3. The Morgan fingerprint density at radius 3 is 2.35 bits per heavy atom. The molecule has 2 aliphatic rings. The van der Waals surface area contributed by atoms with Crippen molar-refractivity contribution in [3.05, 3.63) is 66.1 Å². The highest BCUT2D eigenvalue weighted by Crippen LogP contribution is 2.30. The van der Waals surface area contributed by atoms with Crippen molar-refractivity contribution in [1.82, 2.24) is 29.9 Å². The first-order valence-electron chi connectivity index (χ1n) is 10.6. The lowest BCUT2D eigenvalue weighted by Crippen LogP contribution is -2.55. The van der Waals surface area contributed by atoms with Crippen LogP contribution in [0.4, 0.5) is 13.6 Å². The number of piperidine rings is 1. The molecule has 0 atom stereocenters. The van der Waals surface area contributed by atoms with E-state index in [4.69, 9.17) is 0 Å². The number of urea groups is 1. The Morgan fingerprint density at radius 1 is 1.03 bits per heavy atom. The first-order valence-corrected chi connectivity index (χ1v) is 10.6. The minimum Gasteiger partial charge on any atom is -0.337 e. The summed E-state index contributed by atoms with van der Waals surface area (Å²) in [6.45, 7) is 0.503. The second-order valence-corrected chi connectivity index (χ2v) is 8.33. The zero-order valence-electron chi connectivity index (χ0n) is 18.2. The first kappa shape index (κ1) is 21.7. The van der Waals surface area contributed by atoms with Gasteiger partial charge in [-0.2, -0.15) is 5.10 Å². The van der Waals surface area contributed by atoms with Crippen molar-refractivity contribution in [1.29, 1.82) is 0 Å². The van der Waals surface area contributed by atoms with Crippen molar-refractivity contribution < 1.29 is 23.2 Å². The smallest absolute Gasteiger partial charge is 0.324 e. The molecule has 34 heavy (non-hydrogen) atoms. The number of nitrogens with zero attached hydrogens (tertiary/aromatic N) is 5. The van der Waals surface area contributed by atoms with Gasteiger partial charge in [-0.15, -0.1) is 0 Å². The molecule has 1 spiro atoms. The van der Waals surface area contributed by atoms with Crippen LogP contribution in [-0.2, 0) is 4.79 Å². The maximum Gasteiger partial charge on any atom is 0.324 e. The van der Waals surface area contributed by atoms with Gasteiger partial charge in [-0.3, -0.25) is 19.5 Å². The van der Waals surface area contributed by atoms with Gasteiger partial charge in [-0.25, -0.2) is 18.3 Å². The molecule has 11 heteroatoms. The van der Waals surface area contributed by atoms with Gasteiger partial charge in [0.15, 0.2) is 17.3 Å². The number of carbonyl (C=O) groups is 3. The molecular weight excluding hydrogens is 446 g/mol. The van der Waals surface area contributed by atoms with Gasteiger partial charge < -0.3 is 10.2 Å². The predicted molar refractivity (Wildman–Crippen MR) is 116 cm³/mol. The van der Waals surface area contributed by atoms with E-state index in [0.29, 0.717) is 11.3 Å². The van der Waals surface area contributed by atoms with Crippen LogP contribution in [0.1, 0.15) is 23.3 Å². The average molecular weight is 466 g/mol. The third-order valence-electron chi connectivity index (χ3n) is 6.32. The van der Waals surface area contributed by atoms with Crippen LogP contribution in [0.15, 0.2) is 48.8 Å². The fourth-order valence-electron chi connectivity index (χ4n) is 4.38. The molecule has 5 rings (SSSR count). The number of hydrogen-bond acceptors (Lipinski definition) is 5. The van der Waals surface area contributed by atoms with Crippen molar-refractivity contribution in [2.45, 2.75) is 18.4 Å². The van der Waals surface area contributed by atoms with Crippen LogP contribution in [0.5, 0.6) is 0 Å². The summed E-state index contributed by atoms with van der Waals surface area (Å²) in [6, 6.07) is 7.96. The number of benzene rings is 1. The first-order chi connectivity index (χ1) is 16.3. The van der Waals surface area contributed by atoms with Crippen molar-refractivity contribution >= 4 is 17.8 Å². The van der Waals surface area contributed by atoms with Gasteiger partial charge in [0.1, 0.15) is 5.54 Å². The van der Waals surface area contributed by atoms with E-state index in [-0.39, 0.29) is 49.1 Å². The summed E-state index contributed by atoms with van der Waals surface area (Å²) < 4.78 is 28.8. The van der Waals surface area contributed by atoms with E-state index < -0.39 is 23.2 Å². The van der Waals surface area contributed by atoms with Crippen LogP contribution >= 0.6 is 0 Å². The molecule has 4 heterocycles. The van der Waals surface area contributed by atoms with E-state index in [2.05, 4.69) is 15.4 Å². The average Bonchev–Trinajstić information content (AvgIpc) is 3.38. The second kappa shape index (κ2) is 8.01. The molecule has 2 fully saturated rings. The molecule has 0 saturated carbocycles. The normalized spacial score (nSPS) is 17.4. The maximum atomic E-state index is 13.9. The van der Waals surface area contributed by atoms with Crippen LogP contribution in [0.2, 0.25) is 0 Å². The third-order valence-corrected chi connectivity index (χ3v) is 6.32. The number of rotatable bonds is 3. The summed E-state index contributed by atoms with van der Waals surface area (Å²) in [5.41, 5.74) is 0.572. The predicted octanol–water partition coefficient (Wildman–Crippen LogP) is 2.37. The summed E-state index contributed by atoms with van der Waals surface area (Å²) in [5.74, 6) is -2.68. The Labute approximate surface area is 193 Å². The lowest BCUT2D eigenvalue weighted by molar-refractivity contribution is -0.131. The fraction of sp³-hybridized carbons (Fsp3) is 0.261. The third kappa shape index (κ3) is 3.49. The molecule has 2 aliphatic heterocycles. The second-order valence-electron chi connectivity index (χ2n) is 8.33. The Morgan fingerprint density at radius 2 is 1.74 bits per heavy atom. The van der Waals surface area contributed by atoms with Crippen LogP contribution < -0.4 is 5.32 Å². The standard InChI is InChI=1S/C23H20F2N6O3/c1-29-21(33)23(27-22(29)34)6-10-30(11-7-23)20(32)18-13-19(14-4-8-26-9-5-14)31(28-18)15-2-3-16(24)17(25)12-15/h2-5,8-9,12-13H,6-7,10-11H2,1H3,(H,27,34). The van der Waals surface area contributed by atoms with Crippen LogP contribution in [-0.4, -0.2) is 68.1 Å². The Kier molecular flexibility index (Phi) is 5.11. The van der Waals surface area contributed by atoms with Crippen molar-refractivity contribution in [2.24, 2.45) is 0 Å². The van der Waals surface area contributed by atoms with E-state index in [1.165, 1.54) is 17.8 Å². The van der Waals surface area contributed by atoms with E-state index in [9.17, 15) is 23.2 Å². The Bertz CT molecular complexity index is 1300. The molecule has 174 valence electrons. The number of imide groups is 1. The number of nitrogens with one attached hydrogen (secondary N) is 1. The SMILES string of the molecule is CN1C(=O)NC2(CCN(C(=O)c3cc(-c4ccncc4)n(-c4ccc(F)c(F)c4)n3)CC2)C1=O. The number of pyridine rings is 1. The molecule has 2 saturated heterocycles. The minimum absolute atomic E-state index is 0.117. The van der Waals surface area contributed by atoms with Crippen LogP contribution in [0.25, 0.3) is 16.9 Å². The number of likely N-dealkylation sites (N-methyl/N-ethyl adjacent to an activating group) is 1. The van der Waals surface area contributed by atoms with E-state index in [1.54, 1.807) is 35.5 Å². The zero-order chi connectivity index (χ0) is 24.0. The number of likely N-dealkylation sites (tertiary alicyclic amines) is 1. The summed E-state index contributed by atoms with van der Waals surface area (Å²) in [4.78, 5) is 44.3. The van der Waals surface area contributed by atoms with Gasteiger partial charge in [-0.1, -0.05) is 0 Å². The number of hydrogen-bond donors (Lipinski definition) is 1. The molecule has 2 aromatic heterocycles. The van der Waals surface area contributed by atoms with Gasteiger partial charge in [0.2, 0.25) is 0 Å². The molecule has 4 amide bonds. The van der Waals surface area contributed by atoms with Gasteiger partial charge in [0, 0.05) is 44.2 Å². The largest absolute Gasteiger partial charge is 0.337 e. The summed E-state index contributed by atoms with van der Waals surface area (Å²) in [7, 11) is 1.43. The quantitative estimate of drug-likeness (QED) is 0.598. The molecule has 0 aliphatic carbocycles. The molecule has 1 N–H and O–H groups in total. The highest BCUT2D eigenvalue weighted by Gasteiger charge is 2.51. The molecule has 3 aromatic rings. The number of amides is 4. The molecule has 0 bridgehead atoms. The zero-order valence-corrected chi connectivity index (χ0v) is 18.2. The lowest BCUT2D eigenvalue weighted by Gasteiger charge is -2.36. The van der Waals surface area contributed by atoms with Crippen molar-refractivity contribution in [2.75, 3.05) is 20.1 Å². The molecule has 0 unspecified atom stereocenters. The maximum absolute atomic E-state index is 13.9. The highest BCUT2D eigenvalue weighted by atomic mass is 19.2. The molecule has 9 nitrogen and oxygen atoms in total. The van der Waals surface area contributed by atoms with E-state index in [0.717, 1.165) is 17.0 Å². The van der Waals surface area contributed by atoms with Crippen molar-refractivity contribution in [3.63, 3.8) is 0 Å². The van der Waals surface area contributed by atoms with Crippen LogP contribution in [0, 0.1) is 11.6 Å². The number of carbonyl (C=O) groups excluding carboxylic acids is 3. The van der Waals surface area contributed by atoms with Gasteiger partial charge in [-0.05, 0) is 43.2 Å². The van der Waals surface area contributed by atoms with Gasteiger partial charge >= 0.3 is 6.03 Å². The molecule has 0 radical (unpaired) electrons. The molecule has 1 aromatic carbocycles. The number of aromatic nitrogens is 3. The topological polar surface area (TPSA) is 100 Å². The fourth-order valence-corrected chi connectivity index (χ4v) is 4.38. The number of halogens is 2. The Hall–Kier alpha value is -4.15. The summed E-state index contributed by atoms with van der Waals surface area (Å²) in [5, 5.41) is 7.14. The van der Waals surface area contributed by atoms with E-state index in [1.807, 2.05) is 0 Å². The van der Waals surface area contributed by atoms with Crippen molar-refractivity contribution in [3.8, 4) is 16.9 Å². The lowest BCUT2D eigenvalue weighted by atomic mass is 9.87. The van der Waals surface area contributed by atoms with Gasteiger partial charge in [0.25, 0.3) is 11.8 Å². The summed E-state index contributed by atoms with van der Waals surface area (Å²) >= 11 is 0. The monoisotopic (exact) mass is 466 g/mol. The Balaban J connectivity index is 1.45.